The van der Waals surface area contributed by atoms with Gasteiger partial charge in [0.2, 0.25) is 0 Å². The van der Waals surface area contributed by atoms with Gasteiger partial charge in [-0.05, 0) is 32.4 Å². The van der Waals surface area contributed by atoms with E-state index in [1.165, 1.54) is 11.1 Å². The summed E-state index contributed by atoms with van der Waals surface area (Å²) in [6, 6.07) is 8.28. The number of hydrogen-bond acceptors (Lipinski definition) is 5. The molecule has 0 N–H and O–H groups in total. The fraction of sp³-hybridized carbons (Fsp3) is 0.267. The molecule has 2 heterocycles. The van der Waals surface area contributed by atoms with Crippen molar-refractivity contribution >= 4 is 11.8 Å². The molecule has 0 unspecified atom stereocenters. The van der Waals surface area contributed by atoms with E-state index in [1.54, 1.807) is 18.1 Å². The van der Waals surface area contributed by atoms with Gasteiger partial charge in [-0.3, -0.25) is 4.57 Å². The Morgan fingerprint density at radius 1 is 1.19 bits per heavy atom. The molecule has 0 aliphatic heterocycles. The van der Waals surface area contributed by atoms with E-state index in [1.807, 2.05) is 17.6 Å². The van der Waals surface area contributed by atoms with Crippen molar-refractivity contribution in [3.8, 4) is 5.69 Å². The van der Waals surface area contributed by atoms with E-state index in [-0.39, 0.29) is 0 Å². The normalized spacial score (nSPS) is 11.0. The van der Waals surface area contributed by atoms with Crippen LogP contribution >= 0.6 is 11.8 Å². The molecule has 1 aromatic carbocycles. The lowest BCUT2D eigenvalue weighted by Crippen LogP contribution is -1.98. The number of hydrogen-bond donors (Lipinski definition) is 0. The van der Waals surface area contributed by atoms with Gasteiger partial charge in [0.1, 0.15) is 12.1 Å². The molecular weight excluding hydrogens is 284 g/mol. The lowest BCUT2D eigenvalue weighted by molar-refractivity contribution is 0.391. The average Bonchev–Trinajstić information content (AvgIpc) is 3.05. The molecule has 21 heavy (non-hydrogen) atoms. The molecule has 6 heteroatoms. The predicted octanol–water partition coefficient (Wildman–Crippen LogP) is 3.47. The second kappa shape index (κ2) is 5.73. The SMILES string of the molecule is Cc1ccc(-n2cnnc2SCc2cc(C)no2)c(C)c1. The summed E-state index contributed by atoms with van der Waals surface area (Å²) >= 11 is 1.58. The quantitative estimate of drug-likeness (QED) is 0.690. The molecule has 0 saturated heterocycles. The fourth-order valence-corrected chi connectivity index (χ4v) is 2.98. The van der Waals surface area contributed by atoms with E-state index < -0.39 is 0 Å². The molecule has 0 spiro atoms. The summed E-state index contributed by atoms with van der Waals surface area (Å²) in [5.74, 6) is 1.53. The molecular formula is C15H16N4OS. The van der Waals surface area contributed by atoms with Crippen LogP contribution in [0.5, 0.6) is 0 Å². The van der Waals surface area contributed by atoms with Crippen molar-refractivity contribution < 1.29 is 4.52 Å². The topological polar surface area (TPSA) is 56.7 Å². The first kappa shape index (κ1) is 13.9. The highest BCUT2D eigenvalue weighted by Crippen LogP contribution is 2.25. The van der Waals surface area contributed by atoms with Gasteiger partial charge >= 0.3 is 0 Å². The van der Waals surface area contributed by atoms with Crippen LogP contribution in [0.1, 0.15) is 22.6 Å². The Morgan fingerprint density at radius 3 is 2.76 bits per heavy atom. The Balaban J connectivity index is 1.83. The molecule has 0 amide bonds. The molecule has 0 saturated carbocycles. The molecule has 0 atom stereocenters. The van der Waals surface area contributed by atoms with Gasteiger partial charge in [-0.25, -0.2) is 0 Å². The molecule has 5 nitrogen and oxygen atoms in total. The Bertz CT molecular complexity index is 763. The monoisotopic (exact) mass is 300 g/mol. The van der Waals surface area contributed by atoms with Crippen molar-refractivity contribution in [2.24, 2.45) is 0 Å². The zero-order chi connectivity index (χ0) is 14.8. The van der Waals surface area contributed by atoms with E-state index in [9.17, 15) is 0 Å². The van der Waals surface area contributed by atoms with Gasteiger partial charge in [-0.1, -0.05) is 34.6 Å². The van der Waals surface area contributed by atoms with Crippen LogP contribution in [0.2, 0.25) is 0 Å². The van der Waals surface area contributed by atoms with E-state index >= 15 is 0 Å². The zero-order valence-electron chi connectivity index (χ0n) is 12.2. The summed E-state index contributed by atoms with van der Waals surface area (Å²) in [6.45, 7) is 6.09. The largest absolute Gasteiger partial charge is 0.360 e. The molecule has 3 rings (SSSR count). The number of rotatable bonds is 4. The van der Waals surface area contributed by atoms with Crippen molar-refractivity contribution in [1.29, 1.82) is 0 Å². The number of benzene rings is 1. The van der Waals surface area contributed by atoms with E-state index in [2.05, 4.69) is 47.4 Å². The fourth-order valence-electron chi connectivity index (χ4n) is 2.18. The Kier molecular flexibility index (Phi) is 3.79. The van der Waals surface area contributed by atoms with Crippen molar-refractivity contribution in [2.75, 3.05) is 0 Å². The first-order chi connectivity index (χ1) is 10.1. The van der Waals surface area contributed by atoms with Crippen molar-refractivity contribution in [2.45, 2.75) is 31.7 Å². The number of aryl methyl sites for hydroxylation is 3. The highest BCUT2D eigenvalue weighted by Gasteiger charge is 2.11. The van der Waals surface area contributed by atoms with Gasteiger partial charge in [0, 0.05) is 6.07 Å². The molecule has 0 bridgehead atoms. The maximum absolute atomic E-state index is 5.22. The molecule has 0 aliphatic rings. The third kappa shape index (κ3) is 3.00. The maximum atomic E-state index is 5.22. The molecule has 108 valence electrons. The van der Waals surface area contributed by atoms with Crippen LogP contribution in [-0.2, 0) is 5.75 Å². The first-order valence-electron chi connectivity index (χ1n) is 6.66. The van der Waals surface area contributed by atoms with Gasteiger partial charge in [0.25, 0.3) is 0 Å². The second-order valence-electron chi connectivity index (χ2n) is 5.00. The summed E-state index contributed by atoms with van der Waals surface area (Å²) in [7, 11) is 0. The summed E-state index contributed by atoms with van der Waals surface area (Å²) in [4.78, 5) is 0. The Labute approximate surface area is 127 Å². The van der Waals surface area contributed by atoms with Crippen LogP contribution in [-0.4, -0.2) is 19.9 Å². The molecule has 2 aromatic heterocycles. The van der Waals surface area contributed by atoms with E-state index in [0.29, 0.717) is 5.75 Å². The van der Waals surface area contributed by atoms with Crippen molar-refractivity contribution in [1.82, 2.24) is 19.9 Å². The average molecular weight is 300 g/mol. The second-order valence-corrected chi connectivity index (χ2v) is 5.94. The highest BCUT2D eigenvalue weighted by molar-refractivity contribution is 7.98. The molecule has 0 radical (unpaired) electrons. The third-order valence-electron chi connectivity index (χ3n) is 3.15. The zero-order valence-corrected chi connectivity index (χ0v) is 13.0. The molecule has 3 aromatic rings. The van der Waals surface area contributed by atoms with Gasteiger partial charge < -0.3 is 4.52 Å². The van der Waals surface area contributed by atoms with Crippen molar-refractivity contribution in [3.63, 3.8) is 0 Å². The van der Waals surface area contributed by atoms with Gasteiger partial charge in [0.15, 0.2) is 5.16 Å². The first-order valence-corrected chi connectivity index (χ1v) is 7.64. The number of thioether (sulfide) groups is 1. The molecule has 0 aliphatic carbocycles. The summed E-state index contributed by atoms with van der Waals surface area (Å²) < 4.78 is 7.22. The standard InChI is InChI=1S/C15H16N4OS/c1-10-4-5-14(11(2)6-10)19-9-16-17-15(19)21-8-13-7-12(3)18-20-13/h4-7,9H,8H2,1-3H3. The Morgan fingerprint density at radius 2 is 2.05 bits per heavy atom. The van der Waals surface area contributed by atoms with E-state index in [4.69, 9.17) is 4.52 Å². The molecule has 0 fully saturated rings. The van der Waals surface area contributed by atoms with Crippen molar-refractivity contribution in [3.05, 3.63) is 53.2 Å². The summed E-state index contributed by atoms with van der Waals surface area (Å²) in [5, 5.41) is 13.0. The lowest BCUT2D eigenvalue weighted by Gasteiger charge is -2.09. The van der Waals surface area contributed by atoms with Gasteiger partial charge in [0.05, 0.1) is 17.1 Å². The lowest BCUT2D eigenvalue weighted by atomic mass is 10.1. The summed E-state index contributed by atoms with van der Waals surface area (Å²) in [5.41, 5.74) is 4.44. The number of aromatic nitrogens is 4. The Hall–Kier alpha value is -2.08. The van der Waals surface area contributed by atoms with Crippen LogP contribution in [0.15, 0.2) is 40.3 Å². The minimum absolute atomic E-state index is 0.685. The predicted molar refractivity (Wildman–Crippen MR) is 81.6 cm³/mol. The van der Waals surface area contributed by atoms with Gasteiger partial charge in [-0.15, -0.1) is 10.2 Å². The van der Waals surface area contributed by atoms with Crippen LogP contribution < -0.4 is 0 Å². The van der Waals surface area contributed by atoms with Crippen LogP contribution in [0, 0.1) is 20.8 Å². The van der Waals surface area contributed by atoms with Crippen LogP contribution in [0.3, 0.4) is 0 Å². The van der Waals surface area contributed by atoms with E-state index in [0.717, 1.165) is 22.3 Å². The minimum atomic E-state index is 0.685. The smallest absolute Gasteiger partial charge is 0.196 e. The van der Waals surface area contributed by atoms with Crippen LogP contribution in [0.4, 0.5) is 0 Å². The summed E-state index contributed by atoms with van der Waals surface area (Å²) in [6.07, 6.45) is 1.74. The highest BCUT2D eigenvalue weighted by atomic mass is 32.2. The minimum Gasteiger partial charge on any atom is -0.360 e. The number of nitrogens with zero attached hydrogens (tertiary/aromatic N) is 4. The van der Waals surface area contributed by atoms with Gasteiger partial charge in [-0.2, -0.15) is 0 Å². The van der Waals surface area contributed by atoms with Crippen LogP contribution in [0.25, 0.3) is 5.69 Å². The maximum Gasteiger partial charge on any atom is 0.196 e. The third-order valence-corrected chi connectivity index (χ3v) is 4.11.